The quantitative estimate of drug-likeness (QED) is 0.401. The summed E-state index contributed by atoms with van der Waals surface area (Å²) in [6, 6.07) is 1.03. The Morgan fingerprint density at radius 2 is 2.08 bits per heavy atom. The van der Waals surface area contributed by atoms with Gasteiger partial charge in [-0.3, -0.25) is 10.1 Å². The van der Waals surface area contributed by atoms with E-state index in [1.807, 2.05) is 0 Å². The van der Waals surface area contributed by atoms with Gasteiger partial charge >= 0.3 is 5.69 Å². The van der Waals surface area contributed by atoms with Gasteiger partial charge in [-0.25, -0.2) is 4.98 Å². The Bertz CT molecular complexity index is 351. The second-order valence-corrected chi connectivity index (χ2v) is 1.94. The third-order valence-electron chi connectivity index (χ3n) is 1.25. The van der Waals surface area contributed by atoms with Gasteiger partial charge in [0.15, 0.2) is 5.69 Å². The number of nitroso groups, excluding NO2 is 2. The summed E-state index contributed by atoms with van der Waals surface area (Å²) in [6.07, 6.45) is 1.04. The molecule has 0 fully saturated rings. The summed E-state index contributed by atoms with van der Waals surface area (Å²) >= 11 is 0. The lowest BCUT2D eigenvalue weighted by atomic mass is 10.3. The van der Waals surface area contributed by atoms with Crippen LogP contribution >= 0.6 is 0 Å². The average Bonchev–Trinajstić information content (AvgIpc) is 2.16. The maximum Gasteiger partial charge on any atom is 0.346 e. The Labute approximate surface area is 70.7 Å². The van der Waals surface area contributed by atoms with Crippen LogP contribution in [0.4, 0.5) is 17.2 Å². The van der Waals surface area contributed by atoms with Crippen LogP contribution in [0.5, 0.6) is 0 Å². The van der Waals surface area contributed by atoms with E-state index in [0.29, 0.717) is 0 Å². The lowest BCUT2D eigenvalue weighted by Gasteiger charge is -1.93. The van der Waals surface area contributed by atoms with E-state index in [-0.39, 0.29) is 0 Å². The van der Waals surface area contributed by atoms with Gasteiger partial charge in [0.05, 0.1) is 4.92 Å². The maximum atomic E-state index is 10.3. The Kier molecular flexibility index (Phi) is 2.33. The minimum Gasteiger partial charge on any atom is -0.258 e. The summed E-state index contributed by atoms with van der Waals surface area (Å²) < 4.78 is 0. The number of nitro groups is 1. The first-order valence-electron chi connectivity index (χ1n) is 3.00. The van der Waals surface area contributed by atoms with Gasteiger partial charge < -0.3 is 0 Å². The van der Waals surface area contributed by atoms with Crippen LogP contribution in [-0.4, -0.2) is 9.91 Å². The molecule has 0 aliphatic carbocycles. The van der Waals surface area contributed by atoms with Gasteiger partial charge in [0, 0.05) is 6.20 Å². The molecular formula is C5H2N4O4. The van der Waals surface area contributed by atoms with E-state index in [1.165, 1.54) is 0 Å². The zero-order valence-corrected chi connectivity index (χ0v) is 6.08. The second kappa shape index (κ2) is 3.43. The smallest absolute Gasteiger partial charge is 0.258 e. The first kappa shape index (κ1) is 8.84. The largest absolute Gasteiger partial charge is 0.346 e. The molecule has 0 radical (unpaired) electrons. The zero-order valence-electron chi connectivity index (χ0n) is 6.08. The summed E-state index contributed by atoms with van der Waals surface area (Å²) in [4.78, 5) is 32.8. The molecule has 1 aromatic heterocycles. The SMILES string of the molecule is O=Nc1ccnc(N=O)c1[N+](=O)[O-]. The molecule has 13 heavy (non-hydrogen) atoms. The molecule has 0 aliphatic rings. The zero-order chi connectivity index (χ0) is 9.84. The van der Waals surface area contributed by atoms with Crippen LogP contribution in [0.2, 0.25) is 0 Å². The van der Waals surface area contributed by atoms with Crippen molar-refractivity contribution in [3.63, 3.8) is 0 Å². The van der Waals surface area contributed by atoms with Crippen LogP contribution < -0.4 is 0 Å². The molecule has 66 valence electrons. The van der Waals surface area contributed by atoms with Gasteiger partial charge in [0.25, 0.3) is 5.82 Å². The number of nitrogens with zero attached hydrogens (tertiary/aromatic N) is 4. The van der Waals surface area contributed by atoms with Crippen LogP contribution in [0.25, 0.3) is 0 Å². The van der Waals surface area contributed by atoms with E-state index in [1.54, 1.807) is 0 Å². The number of hydrogen-bond acceptors (Lipinski definition) is 7. The monoisotopic (exact) mass is 182 g/mol. The topological polar surface area (TPSA) is 115 Å². The van der Waals surface area contributed by atoms with Crippen LogP contribution in [0.15, 0.2) is 22.6 Å². The molecule has 8 heteroatoms. The van der Waals surface area contributed by atoms with Gasteiger partial charge in [0.1, 0.15) is 0 Å². The molecule has 0 saturated carbocycles. The van der Waals surface area contributed by atoms with Crippen molar-refractivity contribution >= 4 is 17.2 Å². The van der Waals surface area contributed by atoms with Crippen LogP contribution in [0.3, 0.4) is 0 Å². The Morgan fingerprint density at radius 3 is 2.54 bits per heavy atom. The number of aromatic nitrogens is 1. The lowest BCUT2D eigenvalue weighted by Crippen LogP contribution is -1.90. The van der Waals surface area contributed by atoms with Crippen molar-refractivity contribution in [3.05, 3.63) is 32.2 Å². The fourth-order valence-electron chi connectivity index (χ4n) is 0.749. The Hall–Kier alpha value is -2.25. The fourth-order valence-corrected chi connectivity index (χ4v) is 0.749. The molecule has 0 saturated heterocycles. The third-order valence-corrected chi connectivity index (χ3v) is 1.25. The number of pyridine rings is 1. The van der Waals surface area contributed by atoms with Gasteiger partial charge in [-0.05, 0) is 16.4 Å². The molecule has 0 aromatic carbocycles. The number of hydrogen-bond donors (Lipinski definition) is 0. The maximum absolute atomic E-state index is 10.3. The van der Waals surface area contributed by atoms with Crippen molar-refractivity contribution in [1.29, 1.82) is 0 Å². The highest BCUT2D eigenvalue weighted by Crippen LogP contribution is 2.34. The molecule has 1 rings (SSSR count). The highest BCUT2D eigenvalue weighted by atomic mass is 16.6. The fraction of sp³-hybridized carbons (Fsp3) is 0. The minimum absolute atomic E-state index is 0.463. The van der Waals surface area contributed by atoms with E-state index in [0.717, 1.165) is 12.3 Å². The second-order valence-electron chi connectivity index (χ2n) is 1.94. The molecular weight excluding hydrogens is 180 g/mol. The minimum atomic E-state index is -0.930. The molecule has 0 unspecified atom stereocenters. The standard InChI is InChI=1S/C5H2N4O4/c10-7-3-1-2-6-5(8-11)4(3)9(12)13/h1-2H. The Morgan fingerprint density at radius 1 is 1.38 bits per heavy atom. The van der Waals surface area contributed by atoms with Gasteiger partial charge in [-0.15, -0.1) is 9.81 Å². The van der Waals surface area contributed by atoms with Crippen molar-refractivity contribution in [1.82, 2.24) is 4.98 Å². The summed E-state index contributed by atoms with van der Waals surface area (Å²) in [5.41, 5.74) is -1.23. The van der Waals surface area contributed by atoms with Crippen molar-refractivity contribution < 1.29 is 4.92 Å². The molecule has 8 nitrogen and oxygen atoms in total. The van der Waals surface area contributed by atoms with Crippen LogP contribution in [0.1, 0.15) is 0 Å². The van der Waals surface area contributed by atoms with E-state index >= 15 is 0 Å². The van der Waals surface area contributed by atoms with Crippen molar-refractivity contribution in [2.45, 2.75) is 0 Å². The van der Waals surface area contributed by atoms with Crippen molar-refractivity contribution in [2.75, 3.05) is 0 Å². The van der Waals surface area contributed by atoms with E-state index in [2.05, 4.69) is 15.3 Å². The van der Waals surface area contributed by atoms with Crippen LogP contribution in [0, 0.1) is 19.9 Å². The summed E-state index contributed by atoms with van der Waals surface area (Å²) in [5, 5.41) is 15.0. The normalized spacial score (nSPS) is 9.23. The first-order valence-corrected chi connectivity index (χ1v) is 3.00. The predicted molar refractivity (Wildman–Crippen MR) is 41.8 cm³/mol. The summed E-state index contributed by atoms with van der Waals surface area (Å²) in [5.74, 6) is -0.651. The molecule has 1 aromatic rings. The molecule has 0 bridgehead atoms. The van der Waals surface area contributed by atoms with Crippen LogP contribution in [-0.2, 0) is 0 Å². The Balaban J connectivity index is 3.46. The van der Waals surface area contributed by atoms with Gasteiger partial charge in [0.2, 0.25) is 0 Å². The summed E-state index contributed by atoms with van der Waals surface area (Å²) in [7, 11) is 0. The summed E-state index contributed by atoms with van der Waals surface area (Å²) in [6.45, 7) is 0. The predicted octanol–water partition coefficient (Wildman–Crippen LogP) is 1.79. The van der Waals surface area contributed by atoms with E-state index < -0.39 is 22.1 Å². The molecule has 0 aliphatic heterocycles. The highest BCUT2D eigenvalue weighted by molar-refractivity contribution is 5.67. The van der Waals surface area contributed by atoms with Gasteiger partial charge in [-0.2, -0.15) is 0 Å². The highest BCUT2D eigenvalue weighted by Gasteiger charge is 2.22. The molecule has 0 amide bonds. The van der Waals surface area contributed by atoms with Crippen molar-refractivity contribution in [2.24, 2.45) is 10.4 Å². The third kappa shape index (κ3) is 1.50. The molecule has 1 heterocycles. The number of rotatable bonds is 3. The first-order chi connectivity index (χ1) is 6.20. The molecule has 0 atom stereocenters. The van der Waals surface area contributed by atoms with E-state index in [4.69, 9.17) is 0 Å². The van der Waals surface area contributed by atoms with E-state index in [9.17, 15) is 19.9 Å². The lowest BCUT2D eigenvalue weighted by molar-refractivity contribution is -0.383. The van der Waals surface area contributed by atoms with Gasteiger partial charge in [-0.1, -0.05) is 0 Å². The molecule has 0 N–H and O–H groups in total. The van der Waals surface area contributed by atoms with Crippen molar-refractivity contribution in [3.8, 4) is 0 Å². The molecule has 0 spiro atoms. The average molecular weight is 182 g/mol.